The number of imidazole rings is 1. The minimum Gasteiger partial charge on any atom is -1.00 e. The van der Waals surface area contributed by atoms with Crippen LogP contribution in [0.5, 0.6) is 0 Å². The molecule has 0 amide bonds. The summed E-state index contributed by atoms with van der Waals surface area (Å²) in [6, 6.07) is 0. The van der Waals surface area contributed by atoms with Crippen molar-refractivity contribution in [1.29, 1.82) is 0 Å². The van der Waals surface area contributed by atoms with Crippen molar-refractivity contribution >= 4 is 11.9 Å². The van der Waals surface area contributed by atoms with Crippen LogP contribution in [0, 0.1) is 11.8 Å². The zero-order chi connectivity index (χ0) is 16.1. The van der Waals surface area contributed by atoms with Crippen molar-refractivity contribution in [3.05, 3.63) is 18.2 Å². The highest BCUT2D eigenvalue weighted by Gasteiger charge is 2.36. The zero-order valence-electron chi connectivity index (χ0n) is 14.0. The van der Waals surface area contributed by atoms with Gasteiger partial charge in [-0.3, -0.25) is 9.59 Å². The van der Waals surface area contributed by atoms with Crippen LogP contribution in [0.1, 0.15) is 32.4 Å². The van der Waals surface area contributed by atoms with E-state index >= 15 is 0 Å². The lowest BCUT2D eigenvalue weighted by molar-refractivity contribution is -0.697. The predicted octanol–water partition coefficient (Wildman–Crippen LogP) is -1.99. The molecule has 1 aromatic rings. The Morgan fingerprint density at radius 1 is 1.52 bits per heavy atom. The number of carbonyl (C=O) groups excluding carboxylic acids is 2. The maximum absolute atomic E-state index is 11.6. The van der Waals surface area contributed by atoms with Gasteiger partial charge < -0.3 is 26.5 Å². The summed E-state index contributed by atoms with van der Waals surface area (Å²) in [5, 5.41) is 0. The van der Waals surface area contributed by atoms with Gasteiger partial charge in [-0.1, -0.05) is 6.92 Å². The Balaban J connectivity index is 0.00000264. The number of aromatic nitrogens is 2. The number of esters is 2. The molecule has 0 radical (unpaired) electrons. The van der Waals surface area contributed by atoms with Crippen LogP contribution in [-0.4, -0.2) is 29.7 Å². The molecule has 1 saturated heterocycles. The molecule has 1 fully saturated rings. The van der Waals surface area contributed by atoms with E-state index in [1.54, 1.807) is 0 Å². The van der Waals surface area contributed by atoms with Crippen LogP contribution in [0.2, 0.25) is 0 Å². The van der Waals surface area contributed by atoms with Crippen molar-refractivity contribution in [1.82, 2.24) is 4.57 Å². The van der Waals surface area contributed by atoms with Gasteiger partial charge in [0.25, 0.3) is 0 Å². The Bertz CT molecular complexity index is 544. The Labute approximate surface area is 147 Å². The molecule has 1 aliphatic rings. The van der Waals surface area contributed by atoms with Crippen LogP contribution in [-0.2, 0) is 39.1 Å². The van der Waals surface area contributed by atoms with Gasteiger partial charge in [0, 0.05) is 25.7 Å². The van der Waals surface area contributed by atoms with Crippen molar-refractivity contribution in [2.45, 2.75) is 39.7 Å². The molecule has 0 aliphatic carbocycles. The average Bonchev–Trinajstić information content (AvgIpc) is 2.99. The summed E-state index contributed by atoms with van der Waals surface area (Å²) >= 11 is 0. The summed E-state index contributed by atoms with van der Waals surface area (Å²) in [5.74, 6) is -0.0147. The monoisotopic (exact) mass is 388 g/mol. The SMILES string of the molecule is CCC1C(=O)OCC1Cc1c[n+](CCCOC(C)=O)cn1C.[Br-]. The highest BCUT2D eigenvalue weighted by molar-refractivity contribution is 5.74. The number of ether oxygens (including phenoxy) is 2. The van der Waals surface area contributed by atoms with E-state index in [0.717, 1.165) is 25.8 Å². The van der Waals surface area contributed by atoms with E-state index < -0.39 is 0 Å². The highest BCUT2D eigenvalue weighted by atomic mass is 79.9. The van der Waals surface area contributed by atoms with Crippen molar-refractivity contribution < 1.29 is 40.6 Å². The van der Waals surface area contributed by atoms with E-state index in [-0.39, 0.29) is 40.8 Å². The Hall–Kier alpha value is -1.37. The third-order valence-electron chi connectivity index (χ3n) is 4.18. The standard InChI is InChI=1S/C16H25N2O4.BrH/c1-4-15-13(10-22-16(15)20)8-14-9-18(11-17(14)3)6-5-7-21-12(2)19;/h9,11,13,15H,4-8,10H2,1-3H3;1H/q+1;/p-1. The molecular formula is C16H25BrN2O4. The number of hydrogen-bond donors (Lipinski definition) is 0. The van der Waals surface area contributed by atoms with Crippen LogP contribution >= 0.6 is 0 Å². The number of hydrogen-bond acceptors (Lipinski definition) is 4. The van der Waals surface area contributed by atoms with Crippen LogP contribution in [0.4, 0.5) is 0 Å². The zero-order valence-corrected chi connectivity index (χ0v) is 15.5. The lowest BCUT2D eigenvalue weighted by atomic mass is 9.89. The van der Waals surface area contributed by atoms with E-state index in [4.69, 9.17) is 9.47 Å². The summed E-state index contributed by atoms with van der Waals surface area (Å²) in [6.45, 7) is 5.22. The van der Waals surface area contributed by atoms with E-state index in [9.17, 15) is 9.59 Å². The maximum atomic E-state index is 11.6. The molecule has 7 heteroatoms. The first-order valence-electron chi connectivity index (χ1n) is 7.85. The number of aryl methyl sites for hydroxylation is 2. The van der Waals surface area contributed by atoms with E-state index in [1.165, 1.54) is 12.6 Å². The molecule has 1 aromatic heterocycles. The normalized spacial score (nSPS) is 20.0. The van der Waals surface area contributed by atoms with Gasteiger partial charge in [0.2, 0.25) is 6.33 Å². The van der Waals surface area contributed by atoms with Crippen molar-refractivity contribution in [2.75, 3.05) is 13.2 Å². The fourth-order valence-corrected chi connectivity index (χ4v) is 2.97. The second kappa shape index (κ2) is 9.05. The van der Waals surface area contributed by atoms with Crippen molar-refractivity contribution in [3.8, 4) is 0 Å². The van der Waals surface area contributed by atoms with Gasteiger partial charge in [-0.05, 0) is 6.42 Å². The van der Waals surface area contributed by atoms with E-state index in [1.807, 2.05) is 20.3 Å². The number of rotatable bonds is 7. The van der Waals surface area contributed by atoms with Crippen LogP contribution in [0.3, 0.4) is 0 Å². The quantitative estimate of drug-likeness (QED) is 0.308. The second-order valence-corrected chi connectivity index (χ2v) is 5.89. The van der Waals surface area contributed by atoms with Gasteiger partial charge in [0.1, 0.15) is 11.9 Å². The lowest BCUT2D eigenvalue weighted by Gasteiger charge is -2.10. The summed E-state index contributed by atoms with van der Waals surface area (Å²) in [4.78, 5) is 22.4. The fourth-order valence-electron chi connectivity index (χ4n) is 2.97. The van der Waals surface area contributed by atoms with E-state index in [0.29, 0.717) is 13.2 Å². The van der Waals surface area contributed by atoms with Gasteiger partial charge in [0.15, 0.2) is 0 Å². The van der Waals surface area contributed by atoms with Crippen LogP contribution < -0.4 is 21.5 Å². The summed E-state index contributed by atoms with van der Waals surface area (Å²) in [5.41, 5.74) is 1.19. The third kappa shape index (κ3) is 5.34. The number of halogens is 1. The van der Waals surface area contributed by atoms with Gasteiger partial charge in [-0.25, -0.2) is 9.13 Å². The Morgan fingerprint density at radius 3 is 2.91 bits per heavy atom. The van der Waals surface area contributed by atoms with Gasteiger partial charge >= 0.3 is 11.9 Å². The Morgan fingerprint density at radius 2 is 2.26 bits per heavy atom. The lowest BCUT2D eigenvalue weighted by Crippen LogP contribution is -3.00. The van der Waals surface area contributed by atoms with Gasteiger partial charge in [-0.15, -0.1) is 0 Å². The molecule has 0 N–H and O–H groups in total. The smallest absolute Gasteiger partial charge is 0.309 e. The number of carbonyl (C=O) groups is 2. The van der Waals surface area contributed by atoms with Crippen LogP contribution in [0.25, 0.3) is 0 Å². The topological polar surface area (TPSA) is 61.4 Å². The first kappa shape index (κ1) is 19.7. The molecule has 2 rings (SSSR count). The van der Waals surface area contributed by atoms with E-state index in [2.05, 4.69) is 15.3 Å². The molecule has 0 saturated carbocycles. The number of cyclic esters (lactones) is 1. The van der Waals surface area contributed by atoms with Crippen LogP contribution in [0.15, 0.2) is 12.5 Å². The molecule has 6 nitrogen and oxygen atoms in total. The largest absolute Gasteiger partial charge is 1.00 e. The molecule has 2 atom stereocenters. The molecule has 1 aliphatic heterocycles. The molecular weight excluding hydrogens is 364 g/mol. The molecule has 0 bridgehead atoms. The maximum Gasteiger partial charge on any atom is 0.309 e. The third-order valence-corrected chi connectivity index (χ3v) is 4.18. The molecule has 0 aromatic carbocycles. The predicted molar refractivity (Wildman–Crippen MR) is 78.8 cm³/mol. The Kier molecular flexibility index (Phi) is 7.75. The molecule has 2 unspecified atom stereocenters. The van der Waals surface area contributed by atoms with Crippen molar-refractivity contribution in [3.63, 3.8) is 0 Å². The molecule has 130 valence electrons. The average molecular weight is 389 g/mol. The molecule has 0 spiro atoms. The van der Waals surface area contributed by atoms with Gasteiger partial charge in [0.05, 0.1) is 32.7 Å². The highest BCUT2D eigenvalue weighted by Crippen LogP contribution is 2.27. The second-order valence-electron chi connectivity index (χ2n) is 5.89. The summed E-state index contributed by atoms with van der Waals surface area (Å²) in [7, 11) is 2.01. The van der Waals surface area contributed by atoms with Gasteiger partial charge in [-0.2, -0.15) is 0 Å². The van der Waals surface area contributed by atoms with Crippen molar-refractivity contribution in [2.24, 2.45) is 18.9 Å². The minimum absolute atomic E-state index is 0. The minimum atomic E-state index is -0.241. The summed E-state index contributed by atoms with van der Waals surface area (Å²) < 4.78 is 14.3. The molecule has 23 heavy (non-hydrogen) atoms. The first-order chi connectivity index (χ1) is 10.5. The fraction of sp³-hybridized carbons (Fsp3) is 0.688. The molecule has 2 heterocycles. The summed E-state index contributed by atoms with van der Waals surface area (Å²) in [6.07, 6.45) is 6.59. The number of nitrogens with zero attached hydrogens (tertiary/aromatic N) is 2. The first-order valence-corrected chi connectivity index (χ1v) is 7.85.